The third-order valence-corrected chi connectivity index (χ3v) is 11.2. The number of aliphatic hydroxyl groups is 2. The fourth-order valence-electron chi connectivity index (χ4n) is 6.77. The Morgan fingerprint density at radius 2 is 0.833 bits per heavy atom. The fraction of sp³-hybridized carbons (Fsp3) is 0.977. The zero-order valence-electron chi connectivity index (χ0n) is 35.5. The first-order valence-corrected chi connectivity index (χ1v) is 24.5. The van der Waals surface area contributed by atoms with Gasteiger partial charge < -0.3 is 24.6 Å². The molecule has 0 aromatic rings. The molecule has 3 atom stereocenters. The van der Waals surface area contributed by atoms with E-state index in [9.17, 15) is 19.4 Å². The summed E-state index contributed by atoms with van der Waals surface area (Å²) < 4.78 is 33.4. The first-order valence-electron chi connectivity index (χ1n) is 23.0. The lowest BCUT2D eigenvalue weighted by Crippen LogP contribution is -2.29. The molecule has 0 fully saturated rings. The fourth-order valence-corrected chi connectivity index (χ4v) is 7.56. The van der Waals surface area contributed by atoms with Crippen LogP contribution in [0.25, 0.3) is 0 Å². The summed E-state index contributed by atoms with van der Waals surface area (Å²) in [4.78, 5) is 22.5. The Kier molecular flexibility index (Phi) is 41.7. The third kappa shape index (κ3) is 41.1. The summed E-state index contributed by atoms with van der Waals surface area (Å²) >= 11 is 0. The number of rotatable bonds is 45. The summed E-state index contributed by atoms with van der Waals surface area (Å²) in [5.41, 5.74) is 0. The first kappa shape index (κ1) is 53.5. The maximum atomic E-state index is 12.6. The highest BCUT2D eigenvalue weighted by atomic mass is 31.2. The van der Waals surface area contributed by atoms with Gasteiger partial charge in [0.25, 0.3) is 0 Å². The van der Waals surface area contributed by atoms with E-state index in [0.717, 1.165) is 32.1 Å². The predicted molar refractivity (Wildman–Crippen MR) is 224 cm³/mol. The monoisotopic (exact) mass is 793 g/mol. The van der Waals surface area contributed by atoms with Crippen LogP contribution in [0.15, 0.2) is 0 Å². The van der Waals surface area contributed by atoms with E-state index in [4.69, 9.17) is 23.6 Å². The average Bonchev–Trinajstić information content (AvgIpc) is 3.16. The molecule has 3 N–H and O–H groups in total. The van der Waals surface area contributed by atoms with Crippen LogP contribution in [0.5, 0.6) is 0 Å². The number of unbranched alkanes of at least 4 members (excludes halogenated alkanes) is 31. The second kappa shape index (κ2) is 42.1. The normalized spacial score (nSPS) is 13.9. The number of carbonyl (C=O) groups excluding carboxylic acids is 1. The summed E-state index contributed by atoms with van der Waals surface area (Å²) in [6, 6.07) is 0. The van der Waals surface area contributed by atoms with Gasteiger partial charge in [0.1, 0.15) is 12.2 Å². The molecule has 3 unspecified atom stereocenters. The molecule has 0 rings (SSSR count). The lowest BCUT2D eigenvalue weighted by atomic mass is 10.0. The van der Waals surface area contributed by atoms with E-state index >= 15 is 0 Å². The predicted octanol–water partition coefficient (Wildman–Crippen LogP) is 12.7. The van der Waals surface area contributed by atoms with Crippen LogP contribution < -0.4 is 0 Å². The molecule has 54 heavy (non-hydrogen) atoms. The van der Waals surface area contributed by atoms with Gasteiger partial charge in [-0.3, -0.25) is 13.8 Å². The Balaban J connectivity index is 4.02. The smallest absolute Gasteiger partial charge is 0.457 e. The lowest BCUT2D eigenvalue weighted by molar-refractivity contribution is -0.154. The largest absolute Gasteiger partial charge is 0.472 e. The van der Waals surface area contributed by atoms with Gasteiger partial charge in [-0.25, -0.2) is 4.57 Å². The Morgan fingerprint density at radius 3 is 1.20 bits per heavy atom. The first-order chi connectivity index (χ1) is 26.3. The van der Waals surface area contributed by atoms with Gasteiger partial charge in [-0.1, -0.05) is 213 Å². The van der Waals surface area contributed by atoms with Gasteiger partial charge in [0.15, 0.2) is 0 Å². The van der Waals surface area contributed by atoms with Crippen molar-refractivity contribution in [3.8, 4) is 0 Å². The molecule has 0 radical (unpaired) electrons. The van der Waals surface area contributed by atoms with Crippen LogP contribution in [-0.2, 0) is 27.9 Å². The van der Waals surface area contributed by atoms with Crippen molar-refractivity contribution in [1.29, 1.82) is 0 Å². The van der Waals surface area contributed by atoms with Gasteiger partial charge in [-0.2, -0.15) is 0 Å². The molecule has 0 aromatic heterocycles. The second-order valence-corrected chi connectivity index (χ2v) is 17.2. The number of hydrogen-bond donors (Lipinski definition) is 3. The van der Waals surface area contributed by atoms with Crippen LogP contribution in [-0.4, -0.2) is 66.3 Å². The average molecular weight is 793 g/mol. The minimum absolute atomic E-state index is 0.0582. The highest BCUT2D eigenvalue weighted by molar-refractivity contribution is 7.47. The van der Waals surface area contributed by atoms with Gasteiger partial charge in [0.05, 0.1) is 26.4 Å². The summed E-state index contributed by atoms with van der Waals surface area (Å²) in [6.45, 7) is 3.57. The van der Waals surface area contributed by atoms with Crippen molar-refractivity contribution in [3.05, 3.63) is 0 Å². The summed E-state index contributed by atoms with van der Waals surface area (Å²) in [5, 5.41) is 18.3. The molecule has 10 heteroatoms. The molecule has 0 spiro atoms. The molecule has 0 saturated carbocycles. The number of aliphatic hydroxyl groups excluding tert-OH is 2. The minimum atomic E-state index is -4.51. The highest BCUT2D eigenvalue weighted by Crippen LogP contribution is 2.43. The van der Waals surface area contributed by atoms with Crippen molar-refractivity contribution in [2.45, 2.75) is 244 Å². The maximum Gasteiger partial charge on any atom is 0.472 e. The van der Waals surface area contributed by atoms with Gasteiger partial charge >= 0.3 is 13.8 Å². The van der Waals surface area contributed by atoms with Crippen LogP contribution in [0.2, 0.25) is 0 Å². The van der Waals surface area contributed by atoms with Crippen LogP contribution in [0.3, 0.4) is 0 Å². The number of phosphoric acid groups is 1. The molecule has 0 saturated heterocycles. The molecule has 0 heterocycles. The Labute approximate surface area is 333 Å². The molecule has 0 amide bonds. The Bertz CT molecular complexity index is 815. The van der Waals surface area contributed by atoms with Crippen molar-refractivity contribution >= 4 is 13.8 Å². The summed E-state index contributed by atoms with van der Waals surface area (Å²) in [7, 11) is -4.51. The third-order valence-electron chi connectivity index (χ3n) is 10.3. The van der Waals surface area contributed by atoms with E-state index in [1.807, 2.05) is 0 Å². The van der Waals surface area contributed by atoms with Crippen molar-refractivity contribution in [2.75, 3.05) is 33.0 Å². The van der Waals surface area contributed by atoms with E-state index in [-0.39, 0.29) is 25.6 Å². The molecule has 0 aliphatic carbocycles. The van der Waals surface area contributed by atoms with Crippen LogP contribution >= 0.6 is 7.82 Å². The summed E-state index contributed by atoms with van der Waals surface area (Å²) in [5.74, 6) is -0.377. The van der Waals surface area contributed by atoms with E-state index in [0.29, 0.717) is 6.61 Å². The van der Waals surface area contributed by atoms with Crippen molar-refractivity contribution in [1.82, 2.24) is 0 Å². The van der Waals surface area contributed by atoms with E-state index < -0.39 is 33.2 Å². The number of carbonyl (C=O) groups is 1. The van der Waals surface area contributed by atoms with Gasteiger partial charge in [-0.05, 0) is 12.8 Å². The molecular weight excluding hydrogens is 703 g/mol. The van der Waals surface area contributed by atoms with Crippen molar-refractivity contribution in [3.63, 3.8) is 0 Å². The topological polar surface area (TPSA) is 132 Å². The molecule has 0 aliphatic rings. The zero-order valence-corrected chi connectivity index (χ0v) is 36.4. The molecule has 0 aromatic carbocycles. The number of hydrogen-bond acceptors (Lipinski definition) is 8. The number of phosphoric ester groups is 1. The SMILES string of the molecule is CCCCCCCCCCCCCCCCCCCCCCCOCC(COP(=O)(O)OCC(O)CO)OC(=O)CCCCCCCCCCCCCC. The van der Waals surface area contributed by atoms with E-state index in [1.54, 1.807) is 0 Å². The number of esters is 1. The van der Waals surface area contributed by atoms with Gasteiger partial charge in [0, 0.05) is 13.0 Å². The number of ether oxygens (including phenoxy) is 2. The quantitative estimate of drug-likeness (QED) is 0.0313. The van der Waals surface area contributed by atoms with Gasteiger partial charge in [0.2, 0.25) is 0 Å². The molecule has 9 nitrogen and oxygen atoms in total. The molecular formula is C44H89O9P. The Hall–Kier alpha value is -0.540. The van der Waals surface area contributed by atoms with Crippen molar-refractivity contribution < 1.29 is 43.0 Å². The van der Waals surface area contributed by atoms with Crippen LogP contribution in [0.1, 0.15) is 232 Å². The Morgan fingerprint density at radius 1 is 0.500 bits per heavy atom. The minimum Gasteiger partial charge on any atom is -0.457 e. The molecule has 0 aliphatic heterocycles. The zero-order chi connectivity index (χ0) is 39.6. The standard InChI is InChI=1S/C44H89O9P/c1-3-5-7-9-11-13-15-17-18-19-20-21-22-23-24-25-27-29-31-33-35-37-50-40-43(41-52-54(48,49)51-39-42(46)38-45)53-44(47)36-34-32-30-28-26-16-14-12-10-8-6-4-2/h42-43,45-46H,3-41H2,1-2H3,(H,48,49). The van der Waals surface area contributed by atoms with Crippen LogP contribution in [0.4, 0.5) is 0 Å². The molecule has 0 bridgehead atoms. The highest BCUT2D eigenvalue weighted by Gasteiger charge is 2.26. The van der Waals surface area contributed by atoms with Crippen LogP contribution in [0, 0.1) is 0 Å². The second-order valence-electron chi connectivity index (χ2n) is 15.8. The summed E-state index contributed by atoms with van der Waals surface area (Å²) in [6.07, 6.45) is 40.7. The van der Waals surface area contributed by atoms with E-state index in [2.05, 4.69) is 13.8 Å². The molecule has 324 valence electrons. The van der Waals surface area contributed by atoms with E-state index in [1.165, 1.54) is 180 Å². The lowest BCUT2D eigenvalue weighted by Gasteiger charge is -2.20. The van der Waals surface area contributed by atoms with Crippen molar-refractivity contribution in [2.24, 2.45) is 0 Å². The maximum absolute atomic E-state index is 12.6. The van der Waals surface area contributed by atoms with Gasteiger partial charge in [-0.15, -0.1) is 0 Å².